The molecule has 1 fully saturated rings. The maximum Gasteiger partial charge on any atom is 0.171 e. The molecule has 0 bridgehead atoms. The number of hydrogen-bond acceptors (Lipinski definition) is 7. The van der Waals surface area contributed by atoms with E-state index >= 15 is 0 Å². The van der Waals surface area contributed by atoms with Crippen LogP contribution < -0.4 is 10.6 Å². The molecule has 1 aromatic rings. The summed E-state index contributed by atoms with van der Waals surface area (Å²) >= 11 is 1.60. The van der Waals surface area contributed by atoms with E-state index < -0.39 is 15.2 Å². The molecule has 0 aliphatic carbocycles. The number of anilines is 2. The molecule has 1 aliphatic heterocycles. The lowest BCUT2D eigenvalue weighted by Gasteiger charge is -2.35. The standard InChI is InChI=1S/C12H16N4O2S2/c1-2-20(17,18)11-8-19-4-3-16(11)12-9(6-13)5-10(14)7-15-12/h5,7,11H,2-4,8,14H2,1H3. The summed E-state index contributed by atoms with van der Waals surface area (Å²) in [5, 5.41) is 8.56. The van der Waals surface area contributed by atoms with Gasteiger partial charge in [-0.1, -0.05) is 6.92 Å². The number of nitrogens with two attached hydrogens (primary N) is 1. The number of sulfone groups is 1. The lowest BCUT2D eigenvalue weighted by atomic mass is 10.2. The number of thioether (sulfide) groups is 1. The van der Waals surface area contributed by atoms with E-state index in [0.717, 1.165) is 5.75 Å². The van der Waals surface area contributed by atoms with Crippen LogP contribution in [0.25, 0.3) is 0 Å². The van der Waals surface area contributed by atoms with Crippen molar-refractivity contribution >= 4 is 33.1 Å². The molecule has 8 heteroatoms. The minimum absolute atomic E-state index is 0.0750. The number of hydrogen-bond donors (Lipinski definition) is 1. The molecule has 1 unspecified atom stereocenters. The van der Waals surface area contributed by atoms with Crippen molar-refractivity contribution in [3.8, 4) is 6.07 Å². The van der Waals surface area contributed by atoms with Crippen LogP contribution in [-0.2, 0) is 9.84 Å². The van der Waals surface area contributed by atoms with Crippen LogP contribution in [0.1, 0.15) is 12.5 Å². The Morgan fingerprint density at radius 2 is 2.40 bits per heavy atom. The summed E-state index contributed by atoms with van der Waals surface area (Å²) in [6, 6.07) is 3.57. The first-order valence-corrected chi connectivity index (χ1v) is 9.08. The number of nitrogen functional groups attached to an aromatic ring is 1. The highest BCUT2D eigenvalue weighted by molar-refractivity contribution is 8.01. The second-order valence-corrected chi connectivity index (χ2v) is 8.02. The monoisotopic (exact) mass is 312 g/mol. The molecule has 0 radical (unpaired) electrons. The van der Waals surface area contributed by atoms with Gasteiger partial charge < -0.3 is 10.6 Å². The predicted molar refractivity (Wildman–Crippen MR) is 81.3 cm³/mol. The fraction of sp³-hybridized carbons (Fsp3) is 0.500. The van der Waals surface area contributed by atoms with Gasteiger partial charge in [-0.3, -0.25) is 0 Å². The topological polar surface area (TPSA) is 100 Å². The van der Waals surface area contributed by atoms with Gasteiger partial charge in [0.1, 0.15) is 17.3 Å². The Kier molecular flexibility index (Phi) is 4.40. The van der Waals surface area contributed by atoms with E-state index in [4.69, 9.17) is 5.73 Å². The molecule has 1 atom stereocenters. The zero-order valence-electron chi connectivity index (χ0n) is 11.1. The summed E-state index contributed by atoms with van der Waals surface area (Å²) in [6.07, 6.45) is 1.45. The highest BCUT2D eigenvalue weighted by Gasteiger charge is 2.34. The van der Waals surface area contributed by atoms with E-state index in [-0.39, 0.29) is 5.75 Å². The Morgan fingerprint density at radius 3 is 3.05 bits per heavy atom. The molecule has 0 aromatic carbocycles. The van der Waals surface area contributed by atoms with Crippen LogP contribution in [0.3, 0.4) is 0 Å². The van der Waals surface area contributed by atoms with E-state index in [0.29, 0.717) is 29.4 Å². The smallest absolute Gasteiger partial charge is 0.171 e. The quantitative estimate of drug-likeness (QED) is 0.883. The second kappa shape index (κ2) is 5.89. The molecule has 2 heterocycles. The van der Waals surface area contributed by atoms with Crippen molar-refractivity contribution in [2.75, 3.05) is 34.4 Å². The maximum atomic E-state index is 12.2. The average Bonchev–Trinajstić information content (AvgIpc) is 2.47. The van der Waals surface area contributed by atoms with Crippen LogP contribution >= 0.6 is 11.8 Å². The zero-order valence-corrected chi connectivity index (χ0v) is 12.7. The summed E-state index contributed by atoms with van der Waals surface area (Å²) in [7, 11) is -3.23. The molecule has 6 nitrogen and oxygen atoms in total. The maximum absolute atomic E-state index is 12.2. The van der Waals surface area contributed by atoms with Crippen molar-refractivity contribution in [2.24, 2.45) is 0 Å². The molecule has 1 saturated heterocycles. The first-order valence-electron chi connectivity index (χ1n) is 6.21. The predicted octanol–water partition coefficient (Wildman–Crippen LogP) is 0.849. The van der Waals surface area contributed by atoms with Crippen molar-refractivity contribution in [2.45, 2.75) is 12.3 Å². The minimum Gasteiger partial charge on any atom is -0.397 e. The number of aromatic nitrogens is 1. The van der Waals surface area contributed by atoms with Crippen LogP contribution in [0.2, 0.25) is 0 Å². The molecular formula is C12H16N4O2S2. The summed E-state index contributed by atoms with van der Waals surface area (Å²) in [5.41, 5.74) is 6.33. The van der Waals surface area contributed by atoms with Crippen LogP contribution in [0.15, 0.2) is 12.3 Å². The largest absolute Gasteiger partial charge is 0.397 e. The second-order valence-electron chi connectivity index (χ2n) is 4.43. The van der Waals surface area contributed by atoms with Crippen molar-refractivity contribution < 1.29 is 8.42 Å². The molecule has 2 N–H and O–H groups in total. The average molecular weight is 312 g/mol. The van der Waals surface area contributed by atoms with Gasteiger partial charge in [0, 0.05) is 23.8 Å². The van der Waals surface area contributed by atoms with Gasteiger partial charge in [-0.05, 0) is 6.07 Å². The Hall–Kier alpha value is -1.46. The zero-order chi connectivity index (χ0) is 14.8. The first kappa shape index (κ1) is 14.9. The van der Waals surface area contributed by atoms with Crippen LogP contribution in [0.5, 0.6) is 0 Å². The van der Waals surface area contributed by atoms with Crippen molar-refractivity contribution in [3.63, 3.8) is 0 Å². The first-order chi connectivity index (χ1) is 9.49. The van der Waals surface area contributed by atoms with E-state index in [1.165, 1.54) is 12.3 Å². The summed E-state index contributed by atoms with van der Waals surface area (Å²) < 4.78 is 24.4. The third kappa shape index (κ3) is 2.83. The molecule has 0 saturated carbocycles. The Labute approximate surface area is 122 Å². The summed E-state index contributed by atoms with van der Waals surface area (Å²) in [6.45, 7) is 2.19. The van der Waals surface area contributed by atoms with Crippen LogP contribution in [0.4, 0.5) is 11.5 Å². The van der Waals surface area contributed by atoms with Crippen LogP contribution in [-0.4, -0.2) is 42.6 Å². The fourth-order valence-electron chi connectivity index (χ4n) is 2.10. The van der Waals surface area contributed by atoms with Gasteiger partial charge in [0.2, 0.25) is 0 Å². The molecular weight excluding hydrogens is 296 g/mol. The van der Waals surface area contributed by atoms with Crippen LogP contribution in [0, 0.1) is 11.3 Å². The van der Waals surface area contributed by atoms with E-state index in [2.05, 4.69) is 4.98 Å². The van der Waals surface area contributed by atoms with Gasteiger partial charge in [-0.25, -0.2) is 13.4 Å². The molecule has 1 aromatic heterocycles. The van der Waals surface area contributed by atoms with Gasteiger partial charge in [0.25, 0.3) is 0 Å². The van der Waals surface area contributed by atoms with Crippen molar-refractivity contribution in [1.29, 1.82) is 5.26 Å². The fourth-order valence-corrected chi connectivity index (χ4v) is 5.07. The number of nitrogens with zero attached hydrogens (tertiary/aromatic N) is 3. The van der Waals surface area contributed by atoms with Gasteiger partial charge in [-0.2, -0.15) is 17.0 Å². The van der Waals surface area contributed by atoms with Gasteiger partial charge in [0.15, 0.2) is 9.84 Å². The molecule has 0 spiro atoms. The summed E-state index contributed by atoms with van der Waals surface area (Å²) in [5.74, 6) is 1.79. The molecule has 1 aliphatic rings. The highest BCUT2D eigenvalue weighted by atomic mass is 32.2. The Morgan fingerprint density at radius 1 is 1.65 bits per heavy atom. The normalized spacial score (nSPS) is 19.6. The SMILES string of the molecule is CCS(=O)(=O)C1CSCCN1c1ncc(N)cc1C#N. The number of rotatable bonds is 3. The third-order valence-corrected chi connectivity index (χ3v) is 6.47. The lowest BCUT2D eigenvalue weighted by molar-refractivity contribution is 0.579. The molecule has 20 heavy (non-hydrogen) atoms. The van der Waals surface area contributed by atoms with E-state index in [9.17, 15) is 13.7 Å². The Balaban J connectivity index is 2.46. The minimum atomic E-state index is -3.23. The van der Waals surface area contributed by atoms with Gasteiger partial charge >= 0.3 is 0 Å². The Bertz CT molecular complexity index is 639. The van der Waals surface area contributed by atoms with E-state index in [1.807, 2.05) is 6.07 Å². The van der Waals surface area contributed by atoms with Crippen molar-refractivity contribution in [3.05, 3.63) is 17.8 Å². The molecule has 108 valence electrons. The van der Waals surface area contributed by atoms with Crippen molar-refractivity contribution in [1.82, 2.24) is 4.98 Å². The highest BCUT2D eigenvalue weighted by Crippen LogP contribution is 2.28. The summed E-state index contributed by atoms with van der Waals surface area (Å²) in [4.78, 5) is 5.89. The van der Waals surface area contributed by atoms with Gasteiger partial charge in [-0.15, -0.1) is 0 Å². The number of nitriles is 1. The van der Waals surface area contributed by atoms with Gasteiger partial charge in [0.05, 0.1) is 17.4 Å². The number of pyridine rings is 1. The van der Waals surface area contributed by atoms with E-state index in [1.54, 1.807) is 23.6 Å². The third-order valence-electron chi connectivity index (χ3n) is 3.18. The molecule has 0 amide bonds. The lowest BCUT2D eigenvalue weighted by Crippen LogP contribution is -2.48. The molecule has 2 rings (SSSR count).